The van der Waals surface area contributed by atoms with Gasteiger partial charge in [0.25, 0.3) is 0 Å². The minimum absolute atomic E-state index is 0.0352. The molecule has 0 amide bonds. The van der Waals surface area contributed by atoms with E-state index in [0.29, 0.717) is 5.92 Å². The summed E-state index contributed by atoms with van der Waals surface area (Å²) in [7, 11) is 0. The summed E-state index contributed by atoms with van der Waals surface area (Å²) in [4.78, 5) is 0. The second-order valence-electron chi connectivity index (χ2n) is 8.11. The highest BCUT2D eigenvalue weighted by molar-refractivity contribution is 5.49. The van der Waals surface area contributed by atoms with E-state index < -0.39 is 0 Å². The maximum atomic E-state index is 6.20. The second kappa shape index (κ2) is 4.49. The monoisotopic (exact) mass is 273 g/mol. The average molecular weight is 273 g/mol. The topological polar surface area (TPSA) is 21.3 Å². The van der Waals surface area contributed by atoms with E-state index in [0.717, 1.165) is 18.9 Å². The third kappa shape index (κ3) is 2.85. The Morgan fingerprint density at radius 2 is 2.05 bits per heavy atom. The highest BCUT2D eigenvalue weighted by Crippen LogP contribution is 2.53. The third-order valence-corrected chi connectivity index (χ3v) is 4.34. The number of benzene rings is 1. The molecule has 2 atom stereocenters. The van der Waals surface area contributed by atoms with Gasteiger partial charge in [-0.2, -0.15) is 0 Å². The van der Waals surface area contributed by atoms with E-state index in [2.05, 4.69) is 58.1 Å². The molecule has 0 saturated heterocycles. The lowest BCUT2D eigenvalue weighted by Gasteiger charge is -2.21. The summed E-state index contributed by atoms with van der Waals surface area (Å²) in [5, 5.41) is 3.63. The Balaban J connectivity index is 1.71. The lowest BCUT2D eigenvalue weighted by molar-refractivity contribution is 0.137. The molecule has 2 heteroatoms. The molecule has 20 heavy (non-hydrogen) atoms. The first kappa shape index (κ1) is 13.9. The quantitative estimate of drug-likeness (QED) is 0.902. The molecule has 0 radical (unpaired) electrons. The number of rotatable bonds is 3. The van der Waals surface area contributed by atoms with Crippen molar-refractivity contribution in [2.75, 3.05) is 6.54 Å². The van der Waals surface area contributed by atoms with Crippen molar-refractivity contribution >= 4 is 0 Å². The van der Waals surface area contributed by atoms with Gasteiger partial charge in [0, 0.05) is 12.0 Å². The van der Waals surface area contributed by atoms with Crippen molar-refractivity contribution in [3.8, 4) is 5.75 Å². The van der Waals surface area contributed by atoms with Gasteiger partial charge in [-0.1, -0.05) is 18.2 Å². The maximum absolute atomic E-state index is 6.20. The number of para-hydroxylation sites is 1. The molecule has 1 fully saturated rings. The Hall–Kier alpha value is -1.02. The SMILES string of the molecule is CC(C)(C)NCC1CC1c1cccc2c1OC(C)(C)C2. The summed E-state index contributed by atoms with van der Waals surface area (Å²) in [6.45, 7) is 12.2. The van der Waals surface area contributed by atoms with Crippen molar-refractivity contribution in [3.63, 3.8) is 0 Å². The summed E-state index contributed by atoms with van der Waals surface area (Å²) in [6.07, 6.45) is 2.33. The van der Waals surface area contributed by atoms with E-state index in [1.807, 2.05) is 0 Å². The predicted molar refractivity (Wildman–Crippen MR) is 83.5 cm³/mol. The van der Waals surface area contributed by atoms with E-state index in [1.54, 1.807) is 0 Å². The molecule has 110 valence electrons. The summed E-state index contributed by atoms with van der Waals surface area (Å²) in [6, 6.07) is 6.69. The Morgan fingerprint density at radius 1 is 1.30 bits per heavy atom. The van der Waals surface area contributed by atoms with Gasteiger partial charge in [-0.05, 0) is 70.5 Å². The minimum Gasteiger partial charge on any atom is -0.487 e. The molecule has 2 aliphatic rings. The van der Waals surface area contributed by atoms with Crippen LogP contribution in [0.2, 0.25) is 0 Å². The van der Waals surface area contributed by atoms with E-state index in [1.165, 1.54) is 23.3 Å². The molecule has 1 heterocycles. The lowest BCUT2D eigenvalue weighted by atomic mass is 9.99. The number of ether oxygens (including phenoxy) is 1. The smallest absolute Gasteiger partial charge is 0.126 e. The van der Waals surface area contributed by atoms with Gasteiger partial charge in [-0.25, -0.2) is 0 Å². The molecule has 2 nitrogen and oxygen atoms in total. The van der Waals surface area contributed by atoms with Crippen LogP contribution in [0.15, 0.2) is 18.2 Å². The second-order valence-corrected chi connectivity index (χ2v) is 8.11. The predicted octanol–water partition coefficient (Wildman–Crippen LogP) is 3.89. The standard InChI is InChI=1S/C18H27NO/c1-17(2,3)19-11-13-9-15(13)14-8-6-7-12-10-18(4,5)20-16(12)14/h6-8,13,15,19H,9-11H2,1-5H3. The van der Waals surface area contributed by atoms with Crippen molar-refractivity contribution in [1.29, 1.82) is 0 Å². The van der Waals surface area contributed by atoms with Crippen LogP contribution in [0.1, 0.15) is 58.1 Å². The van der Waals surface area contributed by atoms with Crippen molar-refractivity contribution in [1.82, 2.24) is 5.32 Å². The Bertz CT molecular complexity index is 513. The van der Waals surface area contributed by atoms with Crippen LogP contribution in [0.3, 0.4) is 0 Å². The van der Waals surface area contributed by atoms with Crippen LogP contribution in [0.5, 0.6) is 5.75 Å². The normalized spacial score (nSPS) is 27.1. The molecule has 0 spiro atoms. The largest absolute Gasteiger partial charge is 0.487 e. The number of fused-ring (bicyclic) bond motifs is 1. The summed E-state index contributed by atoms with van der Waals surface area (Å²) in [5.74, 6) is 2.64. The van der Waals surface area contributed by atoms with E-state index in [9.17, 15) is 0 Å². The fraction of sp³-hybridized carbons (Fsp3) is 0.667. The first-order valence-electron chi connectivity index (χ1n) is 7.81. The van der Waals surface area contributed by atoms with Gasteiger partial charge in [0.15, 0.2) is 0 Å². The summed E-state index contributed by atoms with van der Waals surface area (Å²) >= 11 is 0. The van der Waals surface area contributed by atoms with Crippen molar-refractivity contribution < 1.29 is 4.74 Å². The Morgan fingerprint density at radius 3 is 2.75 bits per heavy atom. The van der Waals surface area contributed by atoms with Crippen molar-refractivity contribution in [3.05, 3.63) is 29.3 Å². The zero-order valence-electron chi connectivity index (χ0n) is 13.4. The molecule has 1 aromatic rings. The van der Waals surface area contributed by atoms with Gasteiger partial charge < -0.3 is 10.1 Å². The minimum atomic E-state index is -0.0352. The highest BCUT2D eigenvalue weighted by Gasteiger charge is 2.42. The third-order valence-electron chi connectivity index (χ3n) is 4.34. The first-order valence-corrected chi connectivity index (χ1v) is 7.81. The van der Waals surface area contributed by atoms with Crippen molar-refractivity contribution in [2.24, 2.45) is 5.92 Å². The van der Waals surface area contributed by atoms with E-state index >= 15 is 0 Å². The van der Waals surface area contributed by atoms with Gasteiger partial charge >= 0.3 is 0 Å². The molecule has 2 unspecified atom stereocenters. The number of hydrogen-bond donors (Lipinski definition) is 1. The molecule has 1 aliphatic carbocycles. The number of hydrogen-bond acceptors (Lipinski definition) is 2. The van der Waals surface area contributed by atoms with Gasteiger partial charge in [-0.15, -0.1) is 0 Å². The van der Waals surface area contributed by atoms with Crippen LogP contribution in [-0.4, -0.2) is 17.7 Å². The molecule has 1 saturated carbocycles. The lowest BCUT2D eigenvalue weighted by Crippen LogP contribution is -2.37. The van der Waals surface area contributed by atoms with Gasteiger partial charge in [-0.3, -0.25) is 0 Å². The maximum Gasteiger partial charge on any atom is 0.126 e. The fourth-order valence-corrected chi connectivity index (χ4v) is 3.22. The molecule has 3 rings (SSSR count). The molecule has 1 aromatic carbocycles. The van der Waals surface area contributed by atoms with Crippen LogP contribution >= 0.6 is 0 Å². The molecule has 1 aliphatic heterocycles. The van der Waals surface area contributed by atoms with Crippen LogP contribution in [0.25, 0.3) is 0 Å². The molecular formula is C18H27NO. The number of nitrogens with one attached hydrogen (secondary N) is 1. The summed E-state index contributed by atoms with van der Waals surface area (Å²) in [5.41, 5.74) is 3.01. The van der Waals surface area contributed by atoms with Gasteiger partial charge in [0.1, 0.15) is 11.4 Å². The van der Waals surface area contributed by atoms with Crippen LogP contribution in [0.4, 0.5) is 0 Å². The van der Waals surface area contributed by atoms with Gasteiger partial charge in [0.2, 0.25) is 0 Å². The zero-order chi connectivity index (χ0) is 14.5. The molecular weight excluding hydrogens is 246 g/mol. The van der Waals surface area contributed by atoms with Crippen molar-refractivity contribution in [2.45, 2.75) is 64.5 Å². The van der Waals surface area contributed by atoms with Crippen LogP contribution in [-0.2, 0) is 6.42 Å². The fourth-order valence-electron chi connectivity index (χ4n) is 3.22. The summed E-state index contributed by atoms with van der Waals surface area (Å²) < 4.78 is 6.20. The Kier molecular flexibility index (Phi) is 3.13. The van der Waals surface area contributed by atoms with Crippen LogP contribution in [0, 0.1) is 5.92 Å². The van der Waals surface area contributed by atoms with Crippen LogP contribution < -0.4 is 10.1 Å². The average Bonchev–Trinajstić information content (AvgIpc) is 2.99. The first-order chi connectivity index (χ1) is 9.25. The van der Waals surface area contributed by atoms with Gasteiger partial charge in [0.05, 0.1) is 0 Å². The zero-order valence-corrected chi connectivity index (χ0v) is 13.4. The molecule has 0 bridgehead atoms. The molecule has 1 N–H and O–H groups in total. The Labute approximate surface area is 122 Å². The van der Waals surface area contributed by atoms with E-state index in [4.69, 9.17) is 4.74 Å². The molecule has 0 aromatic heterocycles. The highest BCUT2D eigenvalue weighted by atomic mass is 16.5. The van der Waals surface area contributed by atoms with E-state index in [-0.39, 0.29) is 11.1 Å².